The highest BCUT2D eigenvalue weighted by Crippen LogP contribution is 2.43. The Morgan fingerprint density at radius 3 is 2.60 bits per heavy atom. The van der Waals surface area contributed by atoms with Crippen LogP contribution in [0.2, 0.25) is 0 Å². The molecule has 0 aromatic heterocycles. The summed E-state index contributed by atoms with van der Waals surface area (Å²) in [7, 11) is 0. The second-order valence-electron chi connectivity index (χ2n) is 8.60. The van der Waals surface area contributed by atoms with Crippen molar-refractivity contribution in [3.8, 4) is 28.4 Å². The molecule has 40 heavy (non-hydrogen) atoms. The molecular weight excluding hydrogens is 566 g/mol. The third-order valence-electron chi connectivity index (χ3n) is 5.99. The SMILES string of the molecule is O=C(CCN1C(=O)C(=Cc2cc(-c3ccc(F)c(F)c3)cc3c2OCO3)SC1=S)Nc1ccc(C(=O)O)c(O)c1. The topological polar surface area (TPSA) is 125 Å². The van der Waals surface area contributed by atoms with Gasteiger partial charge >= 0.3 is 5.97 Å². The van der Waals surface area contributed by atoms with Gasteiger partial charge in [-0.25, -0.2) is 13.6 Å². The molecule has 0 aliphatic carbocycles. The number of rotatable bonds is 7. The molecular formula is C27H18F2N2O7S2. The quantitative estimate of drug-likeness (QED) is 0.260. The van der Waals surface area contributed by atoms with E-state index in [0.29, 0.717) is 28.2 Å². The first kappa shape index (κ1) is 27.1. The summed E-state index contributed by atoms with van der Waals surface area (Å²) in [5, 5.41) is 21.3. The maximum atomic E-state index is 13.8. The van der Waals surface area contributed by atoms with Crippen LogP contribution in [0.4, 0.5) is 14.5 Å². The zero-order chi connectivity index (χ0) is 28.6. The number of aromatic carboxylic acids is 1. The molecule has 13 heteroatoms. The number of carboxylic acids is 1. The lowest BCUT2D eigenvalue weighted by Crippen LogP contribution is -2.31. The van der Waals surface area contributed by atoms with Gasteiger partial charge in [0, 0.05) is 30.3 Å². The standard InChI is InChI=1S/C27H18F2N2O7S2/c28-18-4-1-13(8-19(18)29)14-7-15(24-21(9-14)37-12-38-24)10-22-25(34)31(27(39)40-22)6-5-23(33)30-16-2-3-17(26(35)36)20(32)11-16/h1-4,7-11,32H,5-6,12H2,(H,30,33)(H,35,36). The van der Waals surface area contributed by atoms with Crippen molar-refractivity contribution in [2.24, 2.45) is 0 Å². The van der Waals surface area contributed by atoms with Gasteiger partial charge in [0.2, 0.25) is 12.7 Å². The molecule has 3 N–H and O–H groups in total. The van der Waals surface area contributed by atoms with Crippen LogP contribution >= 0.6 is 24.0 Å². The number of anilines is 1. The van der Waals surface area contributed by atoms with E-state index in [1.807, 2.05) is 0 Å². The second kappa shape index (κ2) is 10.9. The fraction of sp³-hybridized carbons (Fsp3) is 0.111. The van der Waals surface area contributed by atoms with Crippen molar-refractivity contribution >= 4 is 57.8 Å². The molecule has 0 bridgehead atoms. The van der Waals surface area contributed by atoms with E-state index >= 15 is 0 Å². The zero-order valence-electron chi connectivity index (χ0n) is 20.3. The molecule has 0 radical (unpaired) electrons. The van der Waals surface area contributed by atoms with Crippen molar-refractivity contribution < 1.29 is 42.9 Å². The summed E-state index contributed by atoms with van der Waals surface area (Å²) >= 11 is 6.38. The highest BCUT2D eigenvalue weighted by atomic mass is 32.2. The highest BCUT2D eigenvalue weighted by Gasteiger charge is 2.33. The predicted octanol–water partition coefficient (Wildman–Crippen LogP) is 4.99. The fourth-order valence-electron chi connectivity index (χ4n) is 4.05. The van der Waals surface area contributed by atoms with E-state index in [4.69, 9.17) is 26.8 Å². The van der Waals surface area contributed by atoms with Crippen molar-refractivity contribution in [2.75, 3.05) is 18.7 Å². The fourth-order valence-corrected chi connectivity index (χ4v) is 5.35. The highest BCUT2D eigenvalue weighted by molar-refractivity contribution is 8.26. The number of halogens is 2. The van der Waals surface area contributed by atoms with Crippen LogP contribution in [0.25, 0.3) is 17.2 Å². The average molecular weight is 585 g/mol. The van der Waals surface area contributed by atoms with Gasteiger partial charge in [0.15, 0.2) is 23.1 Å². The zero-order valence-corrected chi connectivity index (χ0v) is 21.9. The largest absolute Gasteiger partial charge is 0.507 e. The number of amides is 2. The van der Waals surface area contributed by atoms with Crippen molar-refractivity contribution in [1.82, 2.24) is 4.90 Å². The van der Waals surface area contributed by atoms with Crippen molar-refractivity contribution in [2.45, 2.75) is 6.42 Å². The van der Waals surface area contributed by atoms with Gasteiger partial charge in [0.05, 0.1) is 4.91 Å². The number of thiocarbonyl (C=S) groups is 1. The summed E-state index contributed by atoms with van der Waals surface area (Å²) in [4.78, 5) is 38.1. The first-order chi connectivity index (χ1) is 19.1. The Morgan fingerprint density at radius 2 is 1.88 bits per heavy atom. The van der Waals surface area contributed by atoms with E-state index in [1.54, 1.807) is 18.2 Å². The minimum Gasteiger partial charge on any atom is -0.507 e. The molecule has 0 atom stereocenters. The maximum absolute atomic E-state index is 13.8. The number of hydrogen-bond donors (Lipinski definition) is 3. The van der Waals surface area contributed by atoms with Crippen LogP contribution in [-0.2, 0) is 9.59 Å². The Morgan fingerprint density at radius 1 is 1.07 bits per heavy atom. The van der Waals surface area contributed by atoms with Crippen LogP contribution < -0.4 is 14.8 Å². The summed E-state index contributed by atoms with van der Waals surface area (Å²) in [5.41, 5.74) is 1.27. The minimum atomic E-state index is -1.31. The van der Waals surface area contributed by atoms with Gasteiger partial charge < -0.3 is 25.0 Å². The summed E-state index contributed by atoms with van der Waals surface area (Å²) in [6, 6.07) is 10.4. The van der Waals surface area contributed by atoms with Gasteiger partial charge in [-0.1, -0.05) is 30.0 Å². The van der Waals surface area contributed by atoms with E-state index in [-0.39, 0.29) is 40.2 Å². The summed E-state index contributed by atoms with van der Waals surface area (Å²) in [6.45, 7) is -0.0794. The summed E-state index contributed by atoms with van der Waals surface area (Å²) in [6.07, 6.45) is 1.43. The molecule has 0 saturated carbocycles. The van der Waals surface area contributed by atoms with Crippen LogP contribution in [0, 0.1) is 11.6 Å². The first-order valence-corrected chi connectivity index (χ1v) is 12.8. The van der Waals surface area contributed by atoms with Crippen molar-refractivity contribution in [1.29, 1.82) is 0 Å². The number of carbonyl (C=O) groups is 3. The third kappa shape index (κ3) is 5.46. The summed E-state index contributed by atoms with van der Waals surface area (Å²) < 4.78 is 38.6. The Hall–Kier alpha value is -4.49. The van der Waals surface area contributed by atoms with E-state index in [1.165, 1.54) is 17.0 Å². The van der Waals surface area contributed by atoms with Gasteiger partial charge in [0.25, 0.3) is 5.91 Å². The molecule has 1 fully saturated rings. The van der Waals surface area contributed by atoms with Gasteiger partial charge in [-0.05, 0) is 53.6 Å². The molecule has 3 aromatic carbocycles. The molecule has 204 valence electrons. The first-order valence-electron chi connectivity index (χ1n) is 11.6. The Kier molecular flexibility index (Phi) is 7.41. The van der Waals surface area contributed by atoms with Gasteiger partial charge in [-0.15, -0.1) is 0 Å². The number of ether oxygens (including phenoxy) is 2. The number of carboxylic acid groups (broad SMARTS) is 1. The molecule has 0 unspecified atom stereocenters. The molecule has 2 heterocycles. The number of thioether (sulfide) groups is 1. The number of aromatic hydroxyl groups is 1. The second-order valence-corrected chi connectivity index (χ2v) is 10.3. The molecule has 2 aliphatic rings. The number of hydrogen-bond acceptors (Lipinski definition) is 8. The smallest absolute Gasteiger partial charge is 0.339 e. The lowest BCUT2D eigenvalue weighted by Gasteiger charge is -2.14. The van der Waals surface area contributed by atoms with E-state index in [2.05, 4.69) is 5.32 Å². The number of nitrogens with zero attached hydrogens (tertiary/aromatic N) is 1. The number of carbonyl (C=O) groups excluding carboxylic acids is 2. The van der Waals surface area contributed by atoms with E-state index < -0.39 is 35.2 Å². The molecule has 1 saturated heterocycles. The predicted molar refractivity (Wildman–Crippen MR) is 146 cm³/mol. The summed E-state index contributed by atoms with van der Waals surface area (Å²) in [5.74, 6) is -3.94. The number of nitrogens with one attached hydrogen (secondary N) is 1. The van der Waals surface area contributed by atoms with Crippen LogP contribution in [0.3, 0.4) is 0 Å². The molecule has 2 amide bonds. The lowest BCUT2D eigenvalue weighted by molar-refractivity contribution is -0.122. The van der Waals surface area contributed by atoms with Crippen LogP contribution in [0.1, 0.15) is 22.3 Å². The van der Waals surface area contributed by atoms with Crippen LogP contribution in [-0.4, -0.2) is 50.6 Å². The molecule has 5 rings (SSSR count). The van der Waals surface area contributed by atoms with Crippen molar-refractivity contribution in [3.63, 3.8) is 0 Å². The molecule has 2 aliphatic heterocycles. The average Bonchev–Trinajstić information content (AvgIpc) is 3.48. The van der Waals surface area contributed by atoms with Gasteiger partial charge in [-0.2, -0.15) is 0 Å². The number of benzene rings is 3. The van der Waals surface area contributed by atoms with Crippen molar-refractivity contribution in [3.05, 3.63) is 76.2 Å². The molecule has 0 spiro atoms. The Balaban J connectivity index is 1.31. The number of phenols is 1. The Bertz CT molecular complexity index is 1630. The Labute approximate surface area is 235 Å². The van der Waals surface area contributed by atoms with E-state index in [9.17, 15) is 28.3 Å². The lowest BCUT2D eigenvalue weighted by atomic mass is 10.0. The van der Waals surface area contributed by atoms with Crippen LogP contribution in [0.15, 0.2) is 53.4 Å². The van der Waals surface area contributed by atoms with Gasteiger partial charge in [-0.3, -0.25) is 14.5 Å². The monoisotopic (exact) mass is 584 g/mol. The maximum Gasteiger partial charge on any atom is 0.339 e. The molecule has 9 nitrogen and oxygen atoms in total. The van der Waals surface area contributed by atoms with Gasteiger partial charge in [0.1, 0.15) is 15.6 Å². The van der Waals surface area contributed by atoms with E-state index in [0.717, 1.165) is 36.0 Å². The minimum absolute atomic E-state index is 0.0281. The molecule has 3 aromatic rings. The van der Waals surface area contributed by atoms with Crippen LogP contribution in [0.5, 0.6) is 17.2 Å². The normalized spacial score (nSPS) is 15.2. The third-order valence-corrected chi connectivity index (χ3v) is 7.37. The number of fused-ring (bicyclic) bond motifs is 1.